The predicted octanol–water partition coefficient (Wildman–Crippen LogP) is 0.555. The van der Waals surface area contributed by atoms with E-state index < -0.39 is 0 Å². The molecule has 0 bridgehead atoms. The minimum absolute atomic E-state index is 0.110. The van der Waals surface area contributed by atoms with Crippen LogP contribution in [0.4, 0.5) is 5.69 Å². The number of anilines is 1. The van der Waals surface area contributed by atoms with Gasteiger partial charge in [0.15, 0.2) is 0 Å². The monoisotopic (exact) mass is 253 g/mol. The number of hydrogen-bond acceptors (Lipinski definition) is 4. The first-order valence-corrected chi connectivity index (χ1v) is 6.06. The van der Waals surface area contributed by atoms with E-state index in [9.17, 15) is 4.79 Å². The van der Waals surface area contributed by atoms with Gasteiger partial charge in [0.25, 0.3) is 5.91 Å². The van der Waals surface area contributed by atoms with Crippen LogP contribution in [0.15, 0.2) is 6.20 Å². The van der Waals surface area contributed by atoms with Crippen molar-refractivity contribution >= 4 is 11.6 Å². The number of amides is 1. The zero-order valence-corrected chi connectivity index (χ0v) is 11.8. The highest BCUT2D eigenvalue weighted by atomic mass is 16.2. The first-order chi connectivity index (χ1) is 8.29. The van der Waals surface area contributed by atoms with Crippen molar-refractivity contribution in [3.05, 3.63) is 11.9 Å². The summed E-state index contributed by atoms with van der Waals surface area (Å²) in [6.07, 6.45) is 1.51. The van der Waals surface area contributed by atoms with Gasteiger partial charge in [-0.3, -0.25) is 9.48 Å². The maximum absolute atomic E-state index is 12.1. The predicted molar refractivity (Wildman–Crippen MR) is 72.4 cm³/mol. The summed E-state index contributed by atoms with van der Waals surface area (Å²) in [7, 11) is 3.97. The fraction of sp³-hybridized carbons (Fsp3) is 0.667. The fourth-order valence-electron chi connectivity index (χ4n) is 1.43. The lowest BCUT2D eigenvalue weighted by atomic mass is 10.0. The number of rotatable bonds is 5. The molecule has 0 radical (unpaired) electrons. The van der Waals surface area contributed by atoms with E-state index in [1.165, 1.54) is 6.20 Å². The van der Waals surface area contributed by atoms with Crippen LogP contribution >= 0.6 is 0 Å². The largest absolute Gasteiger partial charge is 0.396 e. The number of aromatic nitrogens is 2. The summed E-state index contributed by atoms with van der Waals surface area (Å²) in [5, 5.41) is 6.96. The molecule has 1 aromatic rings. The van der Waals surface area contributed by atoms with Gasteiger partial charge in [0.2, 0.25) is 0 Å². The maximum atomic E-state index is 12.1. The molecule has 0 aliphatic rings. The first kappa shape index (κ1) is 14.5. The number of carbonyl (C=O) groups excluding carboxylic acids is 1. The molecule has 1 amide bonds. The number of carbonyl (C=O) groups is 1. The second-order valence-electron chi connectivity index (χ2n) is 5.15. The molecule has 0 atom stereocenters. The Bertz CT molecular complexity index is 422. The Labute approximate surface area is 108 Å². The number of nitrogens with zero attached hydrogens (tertiary/aromatic N) is 3. The summed E-state index contributed by atoms with van der Waals surface area (Å²) in [5.74, 6) is -0.179. The van der Waals surface area contributed by atoms with E-state index in [0.717, 1.165) is 0 Å². The van der Waals surface area contributed by atoms with Gasteiger partial charge in [0.1, 0.15) is 5.69 Å². The number of nitrogens with one attached hydrogen (secondary N) is 1. The summed E-state index contributed by atoms with van der Waals surface area (Å²) in [6.45, 7) is 7.22. The van der Waals surface area contributed by atoms with Gasteiger partial charge in [0.05, 0.1) is 11.9 Å². The van der Waals surface area contributed by atoms with Gasteiger partial charge in [-0.05, 0) is 34.9 Å². The van der Waals surface area contributed by atoms with Crippen LogP contribution in [0.3, 0.4) is 0 Å². The number of hydrogen-bond donors (Lipinski definition) is 2. The molecule has 102 valence electrons. The molecular formula is C12H23N5O. The Morgan fingerprint density at radius 3 is 2.67 bits per heavy atom. The van der Waals surface area contributed by atoms with Gasteiger partial charge in [-0.1, -0.05) is 0 Å². The standard InChI is InChI=1S/C12H23N5O/c1-6-17-10(9(13)7-15-17)11(18)14-8-12(2,3)16(4)5/h7H,6,8,13H2,1-5H3,(H,14,18). The molecule has 0 aliphatic carbocycles. The van der Waals surface area contributed by atoms with Crippen LogP contribution in [0.25, 0.3) is 0 Å². The molecule has 6 nitrogen and oxygen atoms in total. The van der Waals surface area contributed by atoms with Crippen LogP contribution in [0.5, 0.6) is 0 Å². The molecule has 6 heteroatoms. The Morgan fingerprint density at radius 2 is 2.17 bits per heavy atom. The lowest BCUT2D eigenvalue weighted by Crippen LogP contribution is -2.48. The third-order valence-electron chi connectivity index (χ3n) is 3.27. The molecule has 1 rings (SSSR count). The Balaban J connectivity index is 2.75. The van der Waals surface area contributed by atoms with Crippen LogP contribution in [-0.2, 0) is 6.54 Å². The van der Waals surface area contributed by atoms with E-state index in [-0.39, 0.29) is 11.4 Å². The number of aryl methyl sites for hydroxylation is 1. The van der Waals surface area contributed by atoms with E-state index >= 15 is 0 Å². The van der Waals surface area contributed by atoms with Gasteiger partial charge < -0.3 is 16.0 Å². The highest BCUT2D eigenvalue weighted by molar-refractivity contribution is 5.97. The second-order valence-corrected chi connectivity index (χ2v) is 5.15. The van der Waals surface area contributed by atoms with Crippen molar-refractivity contribution in [2.45, 2.75) is 32.9 Å². The van der Waals surface area contributed by atoms with E-state index in [2.05, 4.69) is 29.2 Å². The molecule has 0 aliphatic heterocycles. The molecule has 1 heterocycles. The minimum Gasteiger partial charge on any atom is -0.396 e. The van der Waals surface area contributed by atoms with Crippen LogP contribution in [0.1, 0.15) is 31.3 Å². The van der Waals surface area contributed by atoms with Gasteiger partial charge in [-0.25, -0.2) is 0 Å². The molecule has 0 unspecified atom stereocenters. The van der Waals surface area contributed by atoms with Crippen molar-refractivity contribution in [2.75, 3.05) is 26.4 Å². The summed E-state index contributed by atoms with van der Waals surface area (Å²) >= 11 is 0. The third kappa shape index (κ3) is 3.01. The molecule has 1 aromatic heterocycles. The number of likely N-dealkylation sites (N-methyl/N-ethyl adjacent to an activating group) is 1. The molecule has 0 saturated heterocycles. The van der Waals surface area contributed by atoms with Crippen molar-refractivity contribution in [3.63, 3.8) is 0 Å². The molecule has 0 fully saturated rings. The molecule has 0 saturated carbocycles. The second kappa shape index (κ2) is 5.39. The summed E-state index contributed by atoms with van der Waals surface area (Å²) in [6, 6.07) is 0. The van der Waals surface area contributed by atoms with Crippen LogP contribution < -0.4 is 11.1 Å². The minimum atomic E-state index is -0.179. The van der Waals surface area contributed by atoms with Gasteiger partial charge in [-0.15, -0.1) is 0 Å². The summed E-state index contributed by atoms with van der Waals surface area (Å²) < 4.78 is 1.60. The highest BCUT2D eigenvalue weighted by Gasteiger charge is 2.23. The van der Waals surface area contributed by atoms with Crippen molar-refractivity contribution < 1.29 is 4.79 Å². The van der Waals surface area contributed by atoms with Gasteiger partial charge in [-0.2, -0.15) is 5.10 Å². The van der Waals surface area contributed by atoms with Crippen molar-refractivity contribution in [2.24, 2.45) is 0 Å². The highest BCUT2D eigenvalue weighted by Crippen LogP contribution is 2.12. The first-order valence-electron chi connectivity index (χ1n) is 6.06. The Hall–Kier alpha value is -1.56. The Kier molecular flexibility index (Phi) is 4.34. The number of nitrogen functional groups attached to an aromatic ring is 1. The van der Waals surface area contributed by atoms with E-state index in [1.807, 2.05) is 21.0 Å². The number of nitrogens with two attached hydrogens (primary N) is 1. The van der Waals surface area contributed by atoms with Crippen LogP contribution in [0, 0.1) is 0 Å². The zero-order valence-electron chi connectivity index (χ0n) is 11.8. The normalized spacial score (nSPS) is 11.9. The van der Waals surface area contributed by atoms with Crippen molar-refractivity contribution in [1.29, 1.82) is 0 Å². The van der Waals surface area contributed by atoms with Crippen LogP contribution in [0.2, 0.25) is 0 Å². The van der Waals surface area contributed by atoms with Gasteiger partial charge in [0, 0.05) is 18.6 Å². The fourth-order valence-corrected chi connectivity index (χ4v) is 1.43. The quantitative estimate of drug-likeness (QED) is 0.803. The average Bonchev–Trinajstić information content (AvgIpc) is 2.67. The SMILES string of the molecule is CCn1ncc(N)c1C(=O)NCC(C)(C)N(C)C. The van der Waals surface area contributed by atoms with E-state index in [4.69, 9.17) is 5.73 Å². The summed E-state index contributed by atoms with van der Waals surface area (Å²) in [5.41, 5.74) is 6.50. The van der Waals surface area contributed by atoms with E-state index in [1.54, 1.807) is 4.68 Å². The average molecular weight is 253 g/mol. The van der Waals surface area contributed by atoms with E-state index in [0.29, 0.717) is 24.5 Å². The third-order valence-corrected chi connectivity index (χ3v) is 3.27. The summed E-state index contributed by atoms with van der Waals surface area (Å²) in [4.78, 5) is 14.2. The van der Waals surface area contributed by atoms with Crippen molar-refractivity contribution in [3.8, 4) is 0 Å². The lowest BCUT2D eigenvalue weighted by molar-refractivity contribution is 0.0910. The zero-order chi connectivity index (χ0) is 13.9. The van der Waals surface area contributed by atoms with Crippen molar-refractivity contribution in [1.82, 2.24) is 20.0 Å². The van der Waals surface area contributed by atoms with Gasteiger partial charge >= 0.3 is 0 Å². The molecule has 3 N–H and O–H groups in total. The Morgan fingerprint density at radius 1 is 1.56 bits per heavy atom. The molecule has 18 heavy (non-hydrogen) atoms. The maximum Gasteiger partial charge on any atom is 0.271 e. The molecule has 0 aromatic carbocycles. The molecular weight excluding hydrogens is 230 g/mol. The lowest BCUT2D eigenvalue weighted by Gasteiger charge is -2.32. The topological polar surface area (TPSA) is 76.2 Å². The smallest absolute Gasteiger partial charge is 0.271 e. The molecule has 0 spiro atoms. The van der Waals surface area contributed by atoms with Crippen LogP contribution in [-0.4, -0.2) is 46.8 Å².